The van der Waals surface area contributed by atoms with Crippen molar-refractivity contribution in [3.63, 3.8) is 0 Å². The molecule has 0 radical (unpaired) electrons. The van der Waals surface area contributed by atoms with Crippen molar-refractivity contribution in [2.45, 2.75) is 425 Å². The van der Waals surface area contributed by atoms with Crippen LogP contribution in [0.2, 0.25) is 0 Å². The molecule has 96 heavy (non-hydrogen) atoms. The third kappa shape index (κ3) is 70.5. The van der Waals surface area contributed by atoms with Gasteiger partial charge < -0.3 is 33.8 Å². The standard InChI is InChI=1S/C77H150O17P2/c1-6-9-12-15-18-21-23-24-25-26-27-28-29-30-31-36-39-43-48-53-58-63-77(82)94-73(67-88-75(80)61-56-51-46-42-38-35-33-32-34-37-40-44-49-54-59-70(4)5)69-92-96(85,86)90-65-71(78)64-89-95(83,84)91-68-72(66-87-74(79)60-55-50-45-20-17-14-11-8-3)93-76(81)62-57-52-47-41-22-19-16-13-10-7-2/h70-73,78H,6-69H2,1-5H3,(H,83,84)(H,85,86)/t71-,72+,73+/m0/s1. The molecule has 2 unspecified atom stereocenters. The molecule has 0 rings (SSSR count). The summed E-state index contributed by atoms with van der Waals surface area (Å²) in [5.41, 5.74) is 0. The Bertz CT molecular complexity index is 1840. The number of rotatable bonds is 77. The summed E-state index contributed by atoms with van der Waals surface area (Å²) in [7, 11) is -9.90. The highest BCUT2D eigenvalue weighted by molar-refractivity contribution is 7.47. The maximum atomic E-state index is 13.1. The molecule has 570 valence electrons. The summed E-state index contributed by atoms with van der Waals surface area (Å²) in [5, 5.41) is 10.6. The summed E-state index contributed by atoms with van der Waals surface area (Å²) >= 11 is 0. The van der Waals surface area contributed by atoms with Gasteiger partial charge in [0.2, 0.25) is 0 Å². The van der Waals surface area contributed by atoms with E-state index in [0.29, 0.717) is 25.7 Å². The fourth-order valence-electron chi connectivity index (χ4n) is 11.9. The van der Waals surface area contributed by atoms with Gasteiger partial charge in [-0.05, 0) is 31.6 Å². The first kappa shape index (κ1) is 94.1. The molecule has 0 aliphatic rings. The average Bonchev–Trinajstić information content (AvgIpc) is 1.18. The van der Waals surface area contributed by atoms with Crippen molar-refractivity contribution in [3.05, 3.63) is 0 Å². The first-order valence-corrected chi connectivity index (χ1v) is 43.1. The topological polar surface area (TPSA) is 237 Å². The Labute approximate surface area is 588 Å². The number of hydrogen-bond donors (Lipinski definition) is 3. The molecule has 0 amide bonds. The monoisotopic (exact) mass is 1410 g/mol. The van der Waals surface area contributed by atoms with Gasteiger partial charge in [-0.1, -0.05) is 356 Å². The van der Waals surface area contributed by atoms with E-state index < -0.39 is 97.5 Å². The van der Waals surface area contributed by atoms with Gasteiger partial charge >= 0.3 is 39.5 Å². The Hall–Kier alpha value is -1.94. The van der Waals surface area contributed by atoms with E-state index in [0.717, 1.165) is 102 Å². The van der Waals surface area contributed by atoms with E-state index in [1.807, 2.05) is 0 Å². The zero-order valence-corrected chi connectivity index (χ0v) is 64.3. The minimum Gasteiger partial charge on any atom is -0.462 e. The van der Waals surface area contributed by atoms with Gasteiger partial charge in [0.1, 0.15) is 19.3 Å². The van der Waals surface area contributed by atoms with Crippen molar-refractivity contribution in [1.29, 1.82) is 0 Å². The van der Waals surface area contributed by atoms with Gasteiger partial charge in [-0.15, -0.1) is 0 Å². The number of phosphoric acid groups is 2. The molecule has 0 heterocycles. The molecule has 0 bridgehead atoms. The third-order valence-corrected chi connectivity index (χ3v) is 19.9. The first-order chi connectivity index (χ1) is 46.5. The van der Waals surface area contributed by atoms with Crippen molar-refractivity contribution in [3.8, 4) is 0 Å². The van der Waals surface area contributed by atoms with Crippen LogP contribution in [0, 0.1) is 5.92 Å². The van der Waals surface area contributed by atoms with Gasteiger partial charge in [-0.25, -0.2) is 9.13 Å². The highest BCUT2D eigenvalue weighted by Crippen LogP contribution is 2.45. The van der Waals surface area contributed by atoms with E-state index in [-0.39, 0.29) is 25.7 Å². The lowest BCUT2D eigenvalue weighted by Crippen LogP contribution is -2.30. The lowest BCUT2D eigenvalue weighted by molar-refractivity contribution is -0.161. The molecule has 0 aliphatic carbocycles. The van der Waals surface area contributed by atoms with Crippen LogP contribution < -0.4 is 0 Å². The van der Waals surface area contributed by atoms with Crippen LogP contribution in [0.1, 0.15) is 407 Å². The fraction of sp³-hybridized carbons (Fsp3) is 0.948. The van der Waals surface area contributed by atoms with Crippen LogP contribution in [0.25, 0.3) is 0 Å². The largest absolute Gasteiger partial charge is 0.472 e. The van der Waals surface area contributed by atoms with Crippen LogP contribution in [0.5, 0.6) is 0 Å². The van der Waals surface area contributed by atoms with Gasteiger partial charge in [-0.3, -0.25) is 37.3 Å². The summed E-state index contributed by atoms with van der Waals surface area (Å²) in [4.78, 5) is 72.7. The molecule has 0 aromatic carbocycles. The molecule has 5 atom stereocenters. The smallest absolute Gasteiger partial charge is 0.462 e. The van der Waals surface area contributed by atoms with Crippen molar-refractivity contribution in [2.75, 3.05) is 39.6 Å². The Morgan fingerprint density at radius 2 is 0.479 bits per heavy atom. The van der Waals surface area contributed by atoms with E-state index in [9.17, 15) is 43.2 Å². The van der Waals surface area contributed by atoms with Gasteiger partial charge in [-0.2, -0.15) is 0 Å². The molecular weight excluding hydrogens is 1260 g/mol. The molecule has 19 heteroatoms. The van der Waals surface area contributed by atoms with Gasteiger partial charge in [0.25, 0.3) is 0 Å². The summed E-state index contributed by atoms with van der Waals surface area (Å²) in [5.74, 6) is -1.32. The van der Waals surface area contributed by atoms with Gasteiger partial charge in [0.15, 0.2) is 12.2 Å². The highest BCUT2D eigenvalue weighted by atomic mass is 31.2. The molecular formula is C77H150O17P2. The van der Waals surface area contributed by atoms with Crippen molar-refractivity contribution in [2.24, 2.45) is 5.92 Å². The van der Waals surface area contributed by atoms with Crippen molar-refractivity contribution in [1.82, 2.24) is 0 Å². The lowest BCUT2D eigenvalue weighted by Gasteiger charge is -2.21. The predicted octanol–water partition coefficient (Wildman–Crippen LogP) is 22.9. The maximum absolute atomic E-state index is 13.1. The lowest BCUT2D eigenvalue weighted by atomic mass is 10.0. The van der Waals surface area contributed by atoms with E-state index in [1.165, 1.54) is 225 Å². The summed E-state index contributed by atoms with van der Waals surface area (Å²) in [6.07, 6.45) is 59.8. The molecule has 0 aliphatic heterocycles. The summed E-state index contributed by atoms with van der Waals surface area (Å²) in [6.45, 7) is 7.28. The predicted molar refractivity (Wildman–Crippen MR) is 391 cm³/mol. The number of carbonyl (C=O) groups is 4. The number of phosphoric ester groups is 2. The molecule has 0 fully saturated rings. The van der Waals surface area contributed by atoms with Crippen LogP contribution >= 0.6 is 15.6 Å². The number of unbranched alkanes of at least 4 members (excludes halogenated alkanes) is 49. The number of aliphatic hydroxyl groups is 1. The van der Waals surface area contributed by atoms with E-state index in [2.05, 4.69) is 34.6 Å². The number of esters is 4. The van der Waals surface area contributed by atoms with Crippen LogP contribution in [-0.2, 0) is 65.4 Å². The second kappa shape index (κ2) is 70.1. The Balaban J connectivity index is 5.16. The second-order valence-electron chi connectivity index (χ2n) is 28.2. The van der Waals surface area contributed by atoms with E-state index >= 15 is 0 Å². The summed E-state index contributed by atoms with van der Waals surface area (Å²) in [6, 6.07) is 0. The molecule has 0 saturated carbocycles. The normalized spacial score (nSPS) is 13.9. The van der Waals surface area contributed by atoms with Crippen LogP contribution in [0.3, 0.4) is 0 Å². The minimum absolute atomic E-state index is 0.107. The van der Waals surface area contributed by atoms with Gasteiger partial charge in [0.05, 0.1) is 26.4 Å². The van der Waals surface area contributed by atoms with Gasteiger partial charge in [0, 0.05) is 25.7 Å². The zero-order chi connectivity index (χ0) is 70.5. The Morgan fingerprint density at radius 1 is 0.281 bits per heavy atom. The van der Waals surface area contributed by atoms with Crippen molar-refractivity contribution >= 4 is 39.5 Å². The van der Waals surface area contributed by atoms with E-state index in [1.54, 1.807) is 0 Å². The molecule has 0 aromatic heterocycles. The molecule has 0 saturated heterocycles. The number of aliphatic hydroxyl groups excluding tert-OH is 1. The Kier molecular flexibility index (Phi) is 68.7. The molecule has 0 aromatic rings. The molecule has 0 spiro atoms. The third-order valence-electron chi connectivity index (χ3n) is 18.0. The van der Waals surface area contributed by atoms with E-state index in [4.69, 9.17) is 37.0 Å². The highest BCUT2D eigenvalue weighted by Gasteiger charge is 2.30. The first-order valence-electron chi connectivity index (χ1n) is 40.1. The minimum atomic E-state index is -4.96. The average molecular weight is 1410 g/mol. The Morgan fingerprint density at radius 3 is 0.708 bits per heavy atom. The fourth-order valence-corrected chi connectivity index (χ4v) is 13.5. The maximum Gasteiger partial charge on any atom is 0.472 e. The van der Waals surface area contributed by atoms with Crippen LogP contribution in [-0.4, -0.2) is 96.7 Å². The van der Waals surface area contributed by atoms with Crippen molar-refractivity contribution < 1.29 is 80.2 Å². The SMILES string of the molecule is CCCCCCCCCCCCCCCCCCCCCCCC(=O)O[C@H](COC(=O)CCCCCCCCCCCCCCCCC(C)C)COP(=O)(O)OC[C@@H](O)COP(=O)(O)OC[C@@H](COC(=O)CCCCCCCCCC)OC(=O)CCCCCCCCCCCC. The summed E-state index contributed by atoms with van der Waals surface area (Å²) < 4.78 is 68.4. The quantitative estimate of drug-likeness (QED) is 0.0222. The number of hydrogen-bond acceptors (Lipinski definition) is 15. The number of carbonyl (C=O) groups excluding carboxylic acids is 4. The van der Waals surface area contributed by atoms with Crippen LogP contribution in [0.4, 0.5) is 0 Å². The number of ether oxygens (including phenoxy) is 4. The van der Waals surface area contributed by atoms with Crippen LogP contribution in [0.15, 0.2) is 0 Å². The molecule has 3 N–H and O–H groups in total. The second-order valence-corrected chi connectivity index (χ2v) is 31.1. The zero-order valence-electron chi connectivity index (χ0n) is 62.5. The molecule has 17 nitrogen and oxygen atoms in total.